The van der Waals surface area contributed by atoms with Crippen LogP contribution in [0.2, 0.25) is 0 Å². The smallest absolute Gasteiger partial charge is 0.296 e. The summed E-state index contributed by atoms with van der Waals surface area (Å²) in [4.78, 5) is 18.7. The number of likely N-dealkylation sites (tertiary alicyclic amines) is 1. The molecule has 2 unspecified atom stereocenters. The number of aromatic nitrogens is 1. The molecular formula is C25H28F3N4O4+. The summed E-state index contributed by atoms with van der Waals surface area (Å²) in [6.45, 7) is 1.41. The molecule has 2 atom stereocenters. The molecule has 0 spiro atoms. The molecule has 2 aliphatic rings. The number of nitrogens with one attached hydrogen (secondary N) is 1. The van der Waals surface area contributed by atoms with Gasteiger partial charge in [0.2, 0.25) is 5.91 Å². The molecule has 2 aliphatic heterocycles. The first-order chi connectivity index (χ1) is 17.3. The number of allylic oxidation sites excluding steroid dienone is 1. The average Bonchev–Trinajstić information content (AvgIpc) is 3.41. The molecule has 192 valence electrons. The highest BCUT2D eigenvalue weighted by molar-refractivity contribution is 5.94. The minimum Gasteiger partial charge on any atom is -0.455 e. The molecular weight excluding hydrogens is 477 g/mol. The van der Waals surface area contributed by atoms with Crippen LogP contribution in [0.4, 0.5) is 19.0 Å². The van der Waals surface area contributed by atoms with Gasteiger partial charge in [-0.15, -0.1) is 4.67 Å². The molecule has 1 amide bonds. The van der Waals surface area contributed by atoms with E-state index in [2.05, 4.69) is 15.0 Å². The van der Waals surface area contributed by atoms with Crippen LogP contribution in [-0.2, 0) is 11.4 Å². The first-order valence-electron chi connectivity index (χ1n) is 11.2. The van der Waals surface area contributed by atoms with E-state index in [9.17, 15) is 23.1 Å². The predicted molar refractivity (Wildman–Crippen MR) is 130 cm³/mol. The third-order valence-corrected chi connectivity index (χ3v) is 5.97. The zero-order valence-electron chi connectivity index (χ0n) is 19.9. The number of carbonyl (C=O) groups is 1. The molecule has 1 aromatic carbocycles. The minimum absolute atomic E-state index is 0.0400. The molecule has 11 heteroatoms. The highest BCUT2D eigenvalue weighted by atomic mass is 19.3. The van der Waals surface area contributed by atoms with Gasteiger partial charge >= 0.3 is 0 Å². The fourth-order valence-electron chi connectivity index (χ4n) is 3.94. The second-order valence-corrected chi connectivity index (χ2v) is 8.21. The maximum Gasteiger partial charge on any atom is 0.296 e. The highest BCUT2D eigenvalue weighted by Crippen LogP contribution is 2.38. The number of aliphatic hydroxyl groups excluding tert-OH is 2. The van der Waals surface area contributed by atoms with E-state index >= 15 is 0 Å². The van der Waals surface area contributed by atoms with Crippen LogP contribution in [0, 0.1) is 11.7 Å². The van der Waals surface area contributed by atoms with Gasteiger partial charge in [-0.1, -0.05) is 0 Å². The van der Waals surface area contributed by atoms with Crippen LogP contribution in [0.5, 0.6) is 11.5 Å². The topological polar surface area (TPSA) is 109 Å². The molecule has 36 heavy (non-hydrogen) atoms. The van der Waals surface area contributed by atoms with Gasteiger partial charge in [-0.05, 0) is 37.3 Å². The number of hydrogen-bond donors (Lipinski definition) is 3. The van der Waals surface area contributed by atoms with Crippen molar-refractivity contribution in [3.63, 3.8) is 0 Å². The molecule has 1 fully saturated rings. The lowest BCUT2D eigenvalue weighted by Crippen LogP contribution is -2.53. The Morgan fingerprint density at radius 1 is 1.33 bits per heavy atom. The quantitative estimate of drug-likeness (QED) is 0.499. The maximum atomic E-state index is 14.5. The summed E-state index contributed by atoms with van der Waals surface area (Å²) in [5.41, 5.74) is 0.749. The van der Waals surface area contributed by atoms with Crippen molar-refractivity contribution < 1.29 is 32.9 Å². The molecule has 0 aliphatic carbocycles. The number of rotatable bonds is 7. The van der Waals surface area contributed by atoms with Crippen LogP contribution in [0.3, 0.4) is 0 Å². The number of carbonyl (C=O) groups excluding carboxylic acids is 1. The lowest BCUT2D eigenvalue weighted by molar-refractivity contribution is -0.128. The van der Waals surface area contributed by atoms with Crippen LogP contribution >= 0.6 is 0 Å². The van der Waals surface area contributed by atoms with Crippen molar-refractivity contribution in [1.82, 2.24) is 14.6 Å². The fourth-order valence-corrected chi connectivity index (χ4v) is 3.94. The van der Waals surface area contributed by atoms with Crippen LogP contribution in [0.1, 0.15) is 18.9 Å². The zero-order valence-corrected chi connectivity index (χ0v) is 19.9. The van der Waals surface area contributed by atoms with Crippen molar-refractivity contribution in [1.29, 1.82) is 0 Å². The van der Waals surface area contributed by atoms with Gasteiger partial charge in [0.1, 0.15) is 23.1 Å². The minimum atomic E-state index is -2.86. The first-order valence-corrected chi connectivity index (χ1v) is 11.2. The molecule has 0 bridgehead atoms. The summed E-state index contributed by atoms with van der Waals surface area (Å²) >= 11 is 0. The summed E-state index contributed by atoms with van der Waals surface area (Å²) in [7, 11) is 1.00. The van der Waals surface area contributed by atoms with Crippen molar-refractivity contribution in [3.8, 4) is 11.5 Å². The van der Waals surface area contributed by atoms with Crippen LogP contribution in [0.15, 0.2) is 48.2 Å². The van der Waals surface area contributed by atoms with Crippen LogP contribution in [-0.4, -0.2) is 70.6 Å². The summed E-state index contributed by atoms with van der Waals surface area (Å²) in [5.74, 6) is -3.86. The number of anilines is 1. The van der Waals surface area contributed by atoms with E-state index in [1.165, 1.54) is 42.9 Å². The largest absolute Gasteiger partial charge is 0.455 e. The van der Waals surface area contributed by atoms with E-state index in [4.69, 9.17) is 9.84 Å². The normalized spacial score (nSPS) is 19.2. The Morgan fingerprint density at radius 3 is 2.75 bits per heavy atom. The van der Waals surface area contributed by atoms with Gasteiger partial charge < -0.3 is 20.3 Å². The van der Waals surface area contributed by atoms with E-state index < -0.39 is 30.3 Å². The zero-order chi connectivity index (χ0) is 26.3. The van der Waals surface area contributed by atoms with E-state index in [0.29, 0.717) is 11.3 Å². The van der Waals surface area contributed by atoms with Crippen molar-refractivity contribution in [2.24, 2.45) is 5.92 Å². The lowest BCUT2D eigenvalue weighted by Gasteiger charge is -2.40. The number of halogens is 3. The summed E-state index contributed by atoms with van der Waals surface area (Å²) in [6, 6.07) is 6.24. The SMILES string of the molecule is CC(C(=O)Nc1ccc(Oc2ccc(F)cc2CO)cn1)N1CCC(F)(F)C(C2=CC=[N+]=C2)C1.CO. The number of nitrogens with zero attached hydrogens (tertiary/aromatic N) is 3. The van der Waals surface area contributed by atoms with E-state index in [1.807, 2.05) is 0 Å². The van der Waals surface area contributed by atoms with Crippen molar-refractivity contribution in [2.45, 2.75) is 31.9 Å². The summed E-state index contributed by atoms with van der Waals surface area (Å²) < 4.78 is 51.8. The van der Waals surface area contributed by atoms with E-state index in [0.717, 1.165) is 7.11 Å². The second-order valence-electron chi connectivity index (χ2n) is 8.21. The Bertz CT molecular complexity index is 1160. The molecule has 0 radical (unpaired) electrons. The third-order valence-electron chi connectivity index (χ3n) is 5.97. The summed E-state index contributed by atoms with van der Waals surface area (Å²) in [5, 5.41) is 19.1. The Hall–Kier alpha value is -3.50. The van der Waals surface area contributed by atoms with Gasteiger partial charge in [0, 0.05) is 38.3 Å². The van der Waals surface area contributed by atoms with Gasteiger partial charge in [-0.2, -0.15) is 0 Å². The molecule has 2 aromatic rings. The van der Waals surface area contributed by atoms with Crippen molar-refractivity contribution in [3.05, 3.63) is 59.6 Å². The molecule has 1 aromatic heterocycles. The number of hydrogen-bond acceptors (Lipinski definition) is 6. The number of pyridine rings is 1. The molecule has 4 rings (SSSR count). The van der Waals surface area contributed by atoms with Gasteiger partial charge in [-0.3, -0.25) is 9.69 Å². The average molecular weight is 506 g/mol. The fraction of sp³-hybridized carbons (Fsp3) is 0.360. The Labute approximate surface area is 206 Å². The molecule has 8 nitrogen and oxygen atoms in total. The number of ether oxygens (including phenoxy) is 1. The van der Waals surface area contributed by atoms with Gasteiger partial charge in [0.05, 0.1) is 30.3 Å². The van der Waals surface area contributed by atoms with Crippen LogP contribution in [0.25, 0.3) is 0 Å². The monoisotopic (exact) mass is 505 g/mol. The highest BCUT2D eigenvalue weighted by Gasteiger charge is 2.48. The molecule has 3 N–H and O–H groups in total. The third kappa shape index (κ3) is 6.38. The van der Waals surface area contributed by atoms with Crippen molar-refractivity contribution >= 4 is 24.2 Å². The standard InChI is InChI=1S/C24H23F3N4O3.CH4O/c1-15(31-9-7-24(26,27)20(13-31)16-6-8-28-11-16)23(33)30-22-5-3-19(12-29-22)34-21-4-2-18(25)10-17(21)14-32;1-2/h2-6,8,10-12,15,20,32H,7,9,13-14H2,1H3;2H,1H3/p+1. The predicted octanol–water partition coefficient (Wildman–Crippen LogP) is 2.55. The van der Waals surface area contributed by atoms with Gasteiger partial charge in [0.25, 0.3) is 18.4 Å². The number of piperidine rings is 1. The number of amides is 1. The summed E-state index contributed by atoms with van der Waals surface area (Å²) in [6.07, 6.45) is 5.54. The number of alkyl halides is 2. The van der Waals surface area contributed by atoms with Gasteiger partial charge in [0.15, 0.2) is 0 Å². The molecule has 0 saturated carbocycles. The van der Waals surface area contributed by atoms with Crippen LogP contribution < -0.4 is 14.7 Å². The Balaban J connectivity index is 0.00000176. The second kappa shape index (κ2) is 12.0. The van der Waals surface area contributed by atoms with E-state index in [1.54, 1.807) is 24.0 Å². The number of benzene rings is 1. The number of aliphatic hydroxyl groups is 2. The van der Waals surface area contributed by atoms with E-state index in [-0.39, 0.29) is 42.5 Å². The first kappa shape index (κ1) is 27.1. The molecule has 3 heterocycles. The lowest BCUT2D eigenvalue weighted by atomic mass is 9.86. The Kier molecular flexibility index (Phi) is 9.00. The molecule has 1 saturated heterocycles. The Morgan fingerprint density at radius 2 is 2.11 bits per heavy atom. The van der Waals surface area contributed by atoms with Gasteiger partial charge in [-0.25, -0.2) is 18.2 Å². The maximum absolute atomic E-state index is 14.5. The van der Waals surface area contributed by atoms with Crippen molar-refractivity contribution in [2.75, 3.05) is 25.5 Å².